The number of nitrogens with zero attached hydrogens (tertiary/aromatic N) is 1. The lowest BCUT2D eigenvalue weighted by atomic mass is 9.94. The molecule has 5 heteroatoms. The van der Waals surface area contributed by atoms with Crippen LogP contribution in [0.15, 0.2) is 60.2 Å². The van der Waals surface area contributed by atoms with Gasteiger partial charge in [-0.1, -0.05) is 42.0 Å². The summed E-state index contributed by atoms with van der Waals surface area (Å²) in [5.41, 5.74) is 1.86. The van der Waals surface area contributed by atoms with Crippen molar-refractivity contribution in [3.8, 4) is 0 Å². The first-order chi connectivity index (χ1) is 12.9. The molecule has 0 aliphatic carbocycles. The number of hydrogen-bond acceptors (Lipinski definition) is 1. The van der Waals surface area contributed by atoms with E-state index in [4.69, 9.17) is 0 Å². The lowest BCUT2D eigenvalue weighted by Crippen LogP contribution is -2.38. The van der Waals surface area contributed by atoms with Gasteiger partial charge >= 0.3 is 6.18 Å². The molecule has 1 fully saturated rings. The lowest BCUT2D eigenvalue weighted by Gasteiger charge is -2.34. The second-order valence-corrected chi connectivity index (χ2v) is 7.51. The Morgan fingerprint density at radius 2 is 1.74 bits per heavy atom. The van der Waals surface area contributed by atoms with Crippen LogP contribution in [0, 0.1) is 5.82 Å². The van der Waals surface area contributed by atoms with Crippen LogP contribution in [-0.4, -0.2) is 17.0 Å². The third kappa shape index (κ3) is 4.08. The van der Waals surface area contributed by atoms with Gasteiger partial charge in [0, 0.05) is 18.6 Å². The van der Waals surface area contributed by atoms with Gasteiger partial charge in [-0.2, -0.15) is 13.2 Å². The zero-order valence-corrected chi connectivity index (χ0v) is 14.8. The Balaban J connectivity index is 1.51. The molecule has 2 aromatic carbocycles. The molecular formula is C22H21F4N. The third-order valence-electron chi connectivity index (χ3n) is 5.54. The maximum Gasteiger partial charge on any atom is 0.416 e. The van der Waals surface area contributed by atoms with Gasteiger partial charge in [0.25, 0.3) is 0 Å². The molecule has 142 valence electrons. The van der Waals surface area contributed by atoms with Gasteiger partial charge in [0.1, 0.15) is 5.82 Å². The smallest absolute Gasteiger partial charge is 0.289 e. The quantitative estimate of drug-likeness (QED) is 0.486. The summed E-state index contributed by atoms with van der Waals surface area (Å²) in [6, 6.07) is 13.9. The van der Waals surface area contributed by atoms with E-state index in [9.17, 15) is 17.6 Å². The predicted molar refractivity (Wildman–Crippen MR) is 96.6 cm³/mol. The first-order valence-electron chi connectivity index (χ1n) is 9.24. The number of benzene rings is 2. The summed E-state index contributed by atoms with van der Waals surface area (Å²) in [7, 11) is 0. The first-order valence-corrected chi connectivity index (χ1v) is 9.24. The van der Waals surface area contributed by atoms with Crippen molar-refractivity contribution in [3.05, 3.63) is 82.7 Å². The zero-order chi connectivity index (χ0) is 19.0. The van der Waals surface area contributed by atoms with Crippen LogP contribution in [0.1, 0.15) is 36.0 Å². The lowest BCUT2D eigenvalue weighted by molar-refractivity contribution is -0.137. The van der Waals surface area contributed by atoms with E-state index in [1.165, 1.54) is 11.6 Å². The van der Waals surface area contributed by atoms with Crippen molar-refractivity contribution in [1.82, 2.24) is 4.90 Å². The minimum absolute atomic E-state index is 0.314. The fourth-order valence-corrected chi connectivity index (χ4v) is 4.36. The number of fused-ring (bicyclic) bond motifs is 2. The van der Waals surface area contributed by atoms with Gasteiger partial charge in [0.2, 0.25) is 0 Å². The van der Waals surface area contributed by atoms with Gasteiger partial charge < -0.3 is 0 Å². The molecule has 1 nitrogen and oxygen atoms in total. The molecule has 4 rings (SSSR count). The highest BCUT2D eigenvalue weighted by Gasteiger charge is 2.36. The van der Waals surface area contributed by atoms with Crippen LogP contribution in [0.5, 0.6) is 0 Å². The number of rotatable bonds is 4. The van der Waals surface area contributed by atoms with Gasteiger partial charge in [-0.15, -0.1) is 0 Å². The largest absolute Gasteiger partial charge is 0.416 e. The summed E-state index contributed by atoms with van der Waals surface area (Å²) < 4.78 is 52.4. The van der Waals surface area contributed by atoms with E-state index in [0.29, 0.717) is 30.1 Å². The summed E-state index contributed by atoms with van der Waals surface area (Å²) in [6.07, 6.45) is 1.04. The molecule has 0 radical (unpaired) electrons. The van der Waals surface area contributed by atoms with Crippen molar-refractivity contribution < 1.29 is 17.6 Å². The van der Waals surface area contributed by atoms with Crippen molar-refractivity contribution in [2.24, 2.45) is 0 Å². The topological polar surface area (TPSA) is 3.24 Å². The van der Waals surface area contributed by atoms with Crippen LogP contribution in [0.2, 0.25) is 0 Å². The standard InChI is InChI=1S/C22H21F4N/c23-19-10-16(9-18(13-19)22(24,25)26)8-17-11-20-6-7-21(12-17)27(20)14-15-4-2-1-3-5-15/h1-5,9-11,13,20-21H,6-8,12,14H2. The number of hydrogen-bond donors (Lipinski definition) is 0. The van der Waals surface area contributed by atoms with E-state index in [0.717, 1.165) is 37.4 Å². The minimum Gasteiger partial charge on any atom is -0.289 e. The first kappa shape index (κ1) is 18.2. The van der Waals surface area contributed by atoms with E-state index in [1.807, 2.05) is 18.2 Å². The third-order valence-corrected chi connectivity index (χ3v) is 5.54. The predicted octanol–water partition coefficient (Wildman–Crippen LogP) is 5.75. The fraction of sp³-hybridized carbons (Fsp3) is 0.364. The molecule has 0 saturated carbocycles. The van der Waals surface area contributed by atoms with Gasteiger partial charge in [-0.05, 0) is 55.0 Å². The van der Waals surface area contributed by atoms with Crippen molar-refractivity contribution in [3.63, 3.8) is 0 Å². The highest BCUT2D eigenvalue weighted by Crippen LogP contribution is 2.37. The Kier molecular flexibility index (Phi) is 4.81. The summed E-state index contributed by atoms with van der Waals surface area (Å²) in [6.45, 7) is 0.887. The molecule has 0 spiro atoms. The molecule has 2 aliphatic rings. The van der Waals surface area contributed by atoms with Crippen molar-refractivity contribution >= 4 is 0 Å². The van der Waals surface area contributed by atoms with E-state index in [2.05, 4.69) is 23.1 Å². The molecular weight excluding hydrogens is 354 g/mol. The summed E-state index contributed by atoms with van der Waals surface area (Å²) in [4.78, 5) is 2.48. The highest BCUT2D eigenvalue weighted by molar-refractivity contribution is 5.32. The molecule has 2 aromatic rings. The van der Waals surface area contributed by atoms with Gasteiger partial charge in [-0.25, -0.2) is 4.39 Å². The second kappa shape index (κ2) is 7.12. The van der Waals surface area contributed by atoms with Gasteiger partial charge in [-0.3, -0.25) is 4.90 Å². The van der Waals surface area contributed by atoms with Crippen LogP contribution in [-0.2, 0) is 19.1 Å². The summed E-state index contributed by atoms with van der Waals surface area (Å²) in [5, 5.41) is 0. The van der Waals surface area contributed by atoms with E-state index in [1.54, 1.807) is 0 Å². The molecule has 2 unspecified atom stereocenters. The molecule has 2 bridgehead atoms. The molecule has 0 amide bonds. The average molecular weight is 375 g/mol. The molecule has 2 atom stereocenters. The molecule has 0 N–H and O–H groups in total. The Morgan fingerprint density at radius 3 is 2.44 bits per heavy atom. The molecule has 0 aromatic heterocycles. The van der Waals surface area contributed by atoms with E-state index in [-0.39, 0.29) is 0 Å². The van der Waals surface area contributed by atoms with Crippen LogP contribution < -0.4 is 0 Å². The Bertz CT molecular complexity index is 841. The number of halogens is 4. The highest BCUT2D eigenvalue weighted by atomic mass is 19.4. The Labute approximate surface area is 156 Å². The molecule has 2 heterocycles. The van der Waals surface area contributed by atoms with Gasteiger partial charge in [0.05, 0.1) is 5.56 Å². The maximum atomic E-state index is 13.7. The van der Waals surface area contributed by atoms with Gasteiger partial charge in [0.15, 0.2) is 0 Å². The van der Waals surface area contributed by atoms with E-state index >= 15 is 0 Å². The summed E-state index contributed by atoms with van der Waals surface area (Å²) in [5.74, 6) is -0.829. The maximum absolute atomic E-state index is 13.7. The zero-order valence-electron chi connectivity index (χ0n) is 14.8. The van der Waals surface area contributed by atoms with E-state index < -0.39 is 17.6 Å². The van der Waals surface area contributed by atoms with Crippen LogP contribution in [0.4, 0.5) is 17.6 Å². The molecule has 27 heavy (non-hydrogen) atoms. The minimum atomic E-state index is -4.52. The molecule has 1 saturated heterocycles. The van der Waals surface area contributed by atoms with Crippen LogP contribution >= 0.6 is 0 Å². The monoisotopic (exact) mass is 375 g/mol. The van der Waals surface area contributed by atoms with Crippen LogP contribution in [0.25, 0.3) is 0 Å². The SMILES string of the molecule is Fc1cc(CC2=CC3CCC(C2)N3Cc2ccccc2)cc(C(F)(F)F)c1. The van der Waals surface area contributed by atoms with Crippen LogP contribution in [0.3, 0.4) is 0 Å². The Hall–Kier alpha value is -2.14. The second-order valence-electron chi connectivity index (χ2n) is 7.51. The van der Waals surface area contributed by atoms with Crippen molar-refractivity contribution in [2.75, 3.05) is 0 Å². The molecule has 2 aliphatic heterocycles. The number of alkyl halides is 3. The van der Waals surface area contributed by atoms with Crippen molar-refractivity contribution in [2.45, 2.75) is 50.5 Å². The summed E-state index contributed by atoms with van der Waals surface area (Å²) >= 11 is 0. The fourth-order valence-electron chi connectivity index (χ4n) is 4.36. The normalized spacial score (nSPS) is 22.7. The van der Waals surface area contributed by atoms with Crippen molar-refractivity contribution in [1.29, 1.82) is 0 Å². The average Bonchev–Trinajstić information content (AvgIpc) is 2.84. The Morgan fingerprint density at radius 1 is 0.963 bits per heavy atom.